The highest BCUT2D eigenvalue weighted by Crippen LogP contribution is 2.07. The van der Waals surface area contributed by atoms with Crippen LogP contribution in [0.15, 0.2) is 24.3 Å². The molecule has 68 valence electrons. The maximum absolute atomic E-state index is 8.91. The van der Waals surface area contributed by atoms with Gasteiger partial charge in [0, 0.05) is 0 Å². The third-order valence-corrected chi connectivity index (χ3v) is 1.94. The van der Waals surface area contributed by atoms with Crippen LogP contribution >= 0.6 is 0 Å². The van der Waals surface area contributed by atoms with Crippen molar-refractivity contribution < 1.29 is 10.0 Å². The van der Waals surface area contributed by atoms with Crippen molar-refractivity contribution in [1.82, 2.24) is 0 Å². The van der Waals surface area contributed by atoms with E-state index in [0.29, 0.717) is 5.46 Å². The molecule has 0 atom stereocenters. The molecule has 0 unspecified atom stereocenters. The SMILES string of the molecule is CC=Cc1ccc(B(O)O)cc1C. The monoisotopic (exact) mass is 176 g/mol. The summed E-state index contributed by atoms with van der Waals surface area (Å²) in [5.41, 5.74) is 2.68. The second kappa shape index (κ2) is 4.26. The first-order valence-corrected chi connectivity index (χ1v) is 4.24. The Labute approximate surface area is 78.7 Å². The van der Waals surface area contributed by atoms with Crippen molar-refractivity contribution in [2.45, 2.75) is 13.8 Å². The molecule has 0 fully saturated rings. The Bertz CT molecular complexity index is 319. The van der Waals surface area contributed by atoms with E-state index in [4.69, 9.17) is 10.0 Å². The summed E-state index contributed by atoms with van der Waals surface area (Å²) >= 11 is 0. The minimum absolute atomic E-state index is 0.533. The van der Waals surface area contributed by atoms with E-state index in [-0.39, 0.29) is 0 Å². The minimum atomic E-state index is -1.38. The minimum Gasteiger partial charge on any atom is -0.423 e. The van der Waals surface area contributed by atoms with Gasteiger partial charge in [-0.3, -0.25) is 0 Å². The summed E-state index contributed by atoms with van der Waals surface area (Å²) in [5, 5.41) is 17.8. The van der Waals surface area contributed by atoms with Crippen LogP contribution in [-0.4, -0.2) is 17.2 Å². The number of allylic oxidation sites excluding steroid dienone is 1. The van der Waals surface area contributed by atoms with Crippen molar-refractivity contribution in [2.75, 3.05) is 0 Å². The molecule has 0 spiro atoms. The zero-order valence-corrected chi connectivity index (χ0v) is 7.86. The van der Waals surface area contributed by atoms with Crippen LogP contribution in [0.4, 0.5) is 0 Å². The first-order valence-electron chi connectivity index (χ1n) is 4.24. The summed E-state index contributed by atoms with van der Waals surface area (Å²) in [4.78, 5) is 0. The average Bonchev–Trinajstić information content (AvgIpc) is 2.08. The first kappa shape index (κ1) is 10.0. The van der Waals surface area contributed by atoms with Crippen molar-refractivity contribution in [3.8, 4) is 0 Å². The number of hydrogen-bond acceptors (Lipinski definition) is 2. The van der Waals surface area contributed by atoms with Gasteiger partial charge in [-0.05, 0) is 30.4 Å². The Balaban J connectivity index is 3.05. The molecular weight excluding hydrogens is 163 g/mol. The highest BCUT2D eigenvalue weighted by Gasteiger charge is 2.10. The van der Waals surface area contributed by atoms with Crippen LogP contribution in [0, 0.1) is 6.92 Å². The van der Waals surface area contributed by atoms with Crippen LogP contribution in [-0.2, 0) is 0 Å². The maximum atomic E-state index is 8.91. The molecule has 0 amide bonds. The molecule has 1 aromatic rings. The van der Waals surface area contributed by atoms with E-state index in [1.165, 1.54) is 0 Å². The maximum Gasteiger partial charge on any atom is 0.488 e. The van der Waals surface area contributed by atoms with Gasteiger partial charge in [-0.1, -0.05) is 30.4 Å². The number of benzene rings is 1. The Kier molecular flexibility index (Phi) is 3.28. The van der Waals surface area contributed by atoms with Crippen molar-refractivity contribution in [1.29, 1.82) is 0 Å². The third kappa shape index (κ3) is 2.44. The summed E-state index contributed by atoms with van der Waals surface area (Å²) in [7, 11) is -1.38. The highest BCUT2D eigenvalue weighted by atomic mass is 16.4. The number of aryl methyl sites for hydroxylation is 1. The predicted molar refractivity (Wildman–Crippen MR) is 55.7 cm³/mol. The average molecular weight is 176 g/mol. The van der Waals surface area contributed by atoms with Crippen molar-refractivity contribution in [3.05, 3.63) is 35.4 Å². The molecule has 0 aliphatic heterocycles. The standard InChI is InChI=1S/C10H13BO2/c1-3-4-9-5-6-10(11(12)13)7-8(9)2/h3-7,12-13H,1-2H3. The van der Waals surface area contributed by atoms with E-state index >= 15 is 0 Å². The number of rotatable bonds is 2. The molecule has 0 heterocycles. The normalized spacial score (nSPS) is 10.8. The smallest absolute Gasteiger partial charge is 0.423 e. The zero-order valence-electron chi connectivity index (χ0n) is 7.86. The fourth-order valence-corrected chi connectivity index (χ4v) is 1.23. The molecule has 0 aliphatic rings. The van der Waals surface area contributed by atoms with E-state index in [1.54, 1.807) is 12.1 Å². The van der Waals surface area contributed by atoms with Crippen LogP contribution in [0.3, 0.4) is 0 Å². The van der Waals surface area contributed by atoms with Crippen LogP contribution < -0.4 is 5.46 Å². The summed E-state index contributed by atoms with van der Waals surface area (Å²) in [6, 6.07) is 5.37. The van der Waals surface area contributed by atoms with Gasteiger partial charge in [-0.2, -0.15) is 0 Å². The lowest BCUT2D eigenvalue weighted by Gasteiger charge is -2.03. The fraction of sp³-hybridized carbons (Fsp3) is 0.200. The lowest BCUT2D eigenvalue weighted by atomic mass is 9.79. The van der Waals surface area contributed by atoms with Gasteiger partial charge in [-0.15, -0.1) is 0 Å². The van der Waals surface area contributed by atoms with Gasteiger partial charge in [0.25, 0.3) is 0 Å². The molecule has 0 aromatic heterocycles. The predicted octanol–water partition coefficient (Wildman–Crippen LogP) is 0.708. The van der Waals surface area contributed by atoms with E-state index < -0.39 is 7.12 Å². The van der Waals surface area contributed by atoms with Gasteiger partial charge >= 0.3 is 7.12 Å². The summed E-state index contributed by atoms with van der Waals surface area (Å²) in [6.45, 7) is 3.90. The Morgan fingerprint density at radius 3 is 2.46 bits per heavy atom. The van der Waals surface area contributed by atoms with E-state index in [1.807, 2.05) is 32.1 Å². The molecule has 0 saturated carbocycles. The molecule has 2 nitrogen and oxygen atoms in total. The van der Waals surface area contributed by atoms with Gasteiger partial charge < -0.3 is 10.0 Å². The highest BCUT2D eigenvalue weighted by molar-refractivity contribution is 6.58. The van der Waals surface area contributed by atoms with Crippen LogP contribution in [0.1, 0.15) is 18.1 Å². The molecular formula is C10H13BO2. The summed E-state index contributed by atoms with van der Waals surface area (Å²) in [6.07, 6.45) is 3.94. The van der Waals surface area contributed by atoms with Crippen molar-refractivity contribution in [2.24, 2.45) is 0 Å². The van der Waals surface area contributed by atoms with Crippen LogP contribution in [0.5, 0.6) is 0 Å². The van der Waals surface area contributed by atoms with Gasteiger partial charge in [0.15, 0.2) is 0 Å². The van der Waals surface area contributed by atoms with Gasteiger partial charge in [0.1, 0.15) is 0 Å². The number of hydrogen-bond donors (Lipinski definition) is 2. The summed E-state index contributed by atoms with van der Waals surface area (Å²) < 4.78 is 0. The second-order valence-corrected chi connectivity index (χ2v) is 2.99. The molecule has 3 heteroatoms. The second-order valence-electron chi connectivity index (χ2n) is 2.99. The molecule has 0 aliphatic carbocycles. The van der Waals surface area contributed by atoms with Crippen LogP contribution in [0.2, 0.25) is 0 Å². The Hall–Kier alpha value is -1.06. The molecule has 0 radical (unpaired) electrons. The topological polar surface area (TPSA) is 40.5 Å². The molecule has 13 heavy (non-hydrogen) atoms. The van der Waals surface area contributed by atoms with Crippen molar-refractivity contribution in [3.63, 3.8) is 0 Å². The van der Waals surface area contributed by atoms with Gasteiger partial charge in [0.2, 0.25) is 0 Å². The molecule has 2 N–H and O–H groups in total. The molecule has 1 rings (SSSR count). The van der Waals surface area contributed by atoms with E-state index in [9.17, 15) is 0 Å². The summed E-state index contributed by atoms with van der Waals surface area (Å²) in [5.74, 6) is 0. The van der Waals surface area contributed by atoms with Crippen molar-refractivity contribution >= 4 is 18.7 Å². The molecule has 1 aromatic carbocycles. The van der Waals surface area contributed by atoms with Crippen LogP contribution in [0.25, 0.3) is 6.08 Å². The van der Waals surface area contributed by atoms with E-state index in [0.717, 1.165) is 11.1 Å². The third-order valence-electron chi connectivity index (χ3n) is 1.94. The quantitative estimate of drug-likeness (QED) is 0.651. The lowest BCUT2D eigenvalue weighted by Crippen LogP contribution is -2.29. The molecule has 0 saturated heterocycles. The Morgan fingerprint density at radius 2 is 2.00 bits per heavy atom. The first-order chi connectivity index (χ1) is 6.15. The molecule has 0 bridgehead atoms. The zero-order chi connectivity index (χ0) is 9.84. The van der Waals surface area contributed by atoms with Gasteiger partial charge in [-0.25, -0.2) is 0 Å². The fourth-order valence-electron chi connectivity index (χ4n) is 1.23. The Morgan fingerprint density at radius 1 is 1.31 bits per heavy atom. The van der Waals surface area contributed by atoms with Gasteiger partial charge in [0.05, 0.1) is 0 Å². The lowest BCUT2D eigenvalue weighted by molar-refractivity contribution is 0.425. The van der Waals surface area contributed by atoms with E-state index in [2.05, 4.69) is 0 Å². The largest absolute Gasteiger partial charge is 0.488 e.